The smallest absolute Gasteiger partial charge is 0.262 e. The molecule has 194 valence electrons. The van der Waals surface area contributed by atoms with Crippen molar-refractivity contribution in [3.63, 3.8) is 0 Å². The number of amides is 2. The van der Waals surface area contributed by atoms with Crippen molar-refractivity contribution in [3.05, 3.63) is 62.9 Å². The van der Waals surface area contributed by atoms with Gasteiger partial charge in [0.1, 0.15) is 10.9 Å². The molecule has 0 saturated heterocycles. The normalized spacial score (nSPS) is 12.6. The minimum absolute atomic E-state index is 0.0200. The van der Waals surface area contributed by atoms with Crippen LogP contribution in [-0.4, -0.2) is 39.4 Å². The van der Waals surface area contributed by atoms with Crippen LogP contribution in [0.4, 0.5) is 0 Å². The van der Waals surface area contributed by atoms with Gasteiger partial charge in [0, 0.05) is 22.3 Å². The summed E-state index contributed by atoms with van der Waals surface area (Å²) in [4.78, 5) is 26.2. The molecule has 1 heterocycles. The molecule has 0 fully saturated rings. The monoisotopic (exact) mass is 613 g/mol. The maximum atomic E-state index is 12.8. The van der Waals surface area contributed by atoms with E-state index in [0.717, 1.165) is 10.1 Å². The highest BCUT2D eigenvalue weighted by molar-refractivity contribution is 9.10. The molecule has 0 unspecified atom stereocenters. The summed E-state index contributed by atoms with van der Waals surface area (Å²) < 4.78 is 29.2. The molecule has 3 aromatic rings. The third-order valence-corrected chi connectivity index (χ3v) is 8.91. The van der Waals surface area contributed by atoms with Crippen molar-refractivity contribution in [2.75, 3.05) is 13.1 Å². The van der Waals surface area contributed by atoms with Gasteiger partial charge in [-0.05, 0) is 60.9 Å². The highest BCUT2D eigenvalue weighted by atomic mass is 79.9. The number of benzene rings is 2. The number of thiophene rings is 1. The van der Waals surface area contributed by atoms with E-state index in [0.29, 0.717) is 35.2 Å². The fourth-order valence-electron chi connectivity index (χ4n) is 3.59. The van der Waals surface area contributed by atoms with Gasteiger partial charge in [0.25, 0.3) is 5.91 Å². The van der Waals surface area contributed by atoms with Crippen molar-refractivity contribution in [3.8, 4) is 0 Å². The van der Waals surface area contributed by atoms with Gasteiger partial charge < -0.3 is 10.6 Å². The van der Waals surface area contributed by atoms with Gasteiger partial charge in [0.05, 0.1) is 9.90 Å². The van der Waals surface area contributed by atoms with Crippen molar-refractivity contribution < 1.29 is 18.0 Å². The molecule has 36 heavy (non-hydrogen) atoms. The zero-order valence-electron chi connectivity index (χ0n) is 20.0. The van der Waals surface area contributed by atoms with Crippen LogP contribution < -0.4 is 15.4 Å². The van der Waals surface area contributed by atoms with Crippen LogP contribution >= 0.6 is 38.9 Å². The predicted molar refractivity (Wildman–Crippen MR) is 149 cm³/mol. The Morgan fingerprint density at radius 3 is 2.47 bits per heavy atom. The first-order valence-corrected chi connectivity index (χ1v) is 15.1. The molecule has 0 aliphatic carbocycles. The van der Waals surface area contributed by atoms with E-state index in [9.17, 15) is 18.0 Å². The average molecular weight is 615 g/mol. The Morgan fingerprint density at radius 2 is 1.78 bits per heavy atom. The third-order valence-electron chi connectivity index (χ3n) is 5.36. The molecule has 1 atom stereocenters. The number of unbranched alkanes of at least 4 members (excludes halogenated alkanes) is 1. The number of halogens is 2. The molecule has 1 aromatic heterocycles. The van der Waals surface area contributed by atoms with Crippen LogP contribution in [-0.2, 0) is 14.8 Å². The minimum Gasteiger partial charge on any atom is -0.354 e. The van der Waals surface area contributed by atoms with Crippen LogP contribution in [0, 0.1) is 5.92 Å². The van der Waals surface area contributed by atoms with Crippen LogP contribution in [0.25, 0.3) is 10.1 Å². The highest BCUT2D eigenvalue weighted by Crippen LogP contribution is 2.26. The second kappa shape index (κ2) is 13.0. The summed E-state index contributed by atoms with van der Waals surface area (Å²) in [5.74, 6) is -0.304. The quantitative estimate of drug-likeness (QED) is 0.240. The summed E-state index contributed by atoms with van der Waals surface area (Å²) in [6.45, 7) is 4.57. The Kier molecular flexibility index (Phi) is 10.3. The zero-order chi connectivity index (χ0) is 26.3. The molecule has 0 aliphatic rings. The maximum Gasteiger partial charge on any atom is 0.262 e. The van der Waals surface area contributed by atoms with E-state index in [1.54, 1.807) is 6.07 Å². The van der Waals surface area contributed by atoms with E-state index in [2.05, 4.69) is 31.3 Å². The number of hydrogen-bond donors (Lipinski definition) is 3. The minimum atomic E-state index is -3.72. The van der Waals surface area contributed by atoms with Gasteiger partial charge in [-0.15, -0.1) is 11.3 Å². The number of fused-ring (bicyclic) bond motifs is 1. The second-order valence-electron chi connectivity index (χ2n) is 8.77. The molecule has 7 nitrogen and oxygen atoms in total. The van der Waals surface area contributed by atoms with Gasteiger partial charge in [-0.1, -0.05) is 59.6 Å². The molecule has 0 radical (unpaired) electrons. The van der Waals surface area contributed by atoms with E-state index in [1.807, 2.05) is 44.2 Å². The van der Waals surface area contributed by atoms with Gasteiger partial charge in [-0.3, -0.25) is 9.59 Å². The largest absolute Gasteiger partial charge is 0.354 e. The van der Waals surface area contributed by atoms with Crippen LogP contribution in [0.5, 0.6) is 0 Å². The first kappa shape index (κ1) is 28.6. The standard InChI is InChI=1S/C25H29BrClN3O4S2/c1-16(2)13-20(30-25(32)22-14-17-7-3-4-8-21(17)35-22)24(31)28-11-5-6-12-29-36(33,34)23-10-9-18(26)15-19(23)27/h3-4,7-10,14-16,20,29H,5-6,11-13H2,1-2H3,(H,28,31)(H,30,32)/t20-/m0/s1. The van der Waals surface area contributed by atoms with Crippen LogP contribution in [0.1, 0.15) is 42.8 Å². The summed E-state index contributed by atoms with van der Waals surface area (Å²) in [6.07, 6.45) is 1.61. The van der Waals surface area contributed by atoms with Gasteiger partial charge in [-0.2, -0.15) is 0 Å². The number of carbonyl (C=O) groups is 2. The SMILES string of the molecule is CC(C)C[C@H](NC(=O)c1cc2ccccc2s1)C(=O)NCCCCNS(=O)(=O)c1ccc(Br)cc1Cl. The van der Waals surface area contributed by atoms with Crippen molar-refractivity contribution in [1.82, 2.24) is 15.4 Å². The summed E-state index contributed by atoms with van der Waals surface area (Å²) in [5.41, 5.74) is 0. The summed E-state index contributed by atoms with van der Waals surface area (Å²) in [7, 11) is -3.72. The van der Waals surface area contributed by atoms with Gasteiger partial charge >= 0.3 is 0 Å². The van der Waals surface area contributed by atoms with Crippen LogP contribution in [0.3, 0.4) is 0 Å². The molecule has 2 amide bonds. The first-order chi connectivity index (χ1) is 17.1. The lowest BCUT2D eigenvalue weighted by Crippen LogP contribution is -2.47. The molecular weight excluding hydrogens is 586 g/mol. The molecule has 0 aliphatic heterocycles. The fourth-order valence-corrected chi connectivity index (χ4v) is 6.66. The lowest BCUT2D eigenvalue weighted by molar-refractivity contribution is -0.123. The topological polar surface area (TPSA) is 104 Å². The van der Waals surface area contributed by atoms with E-state index >= 15 is 0 Å². The molecule has 3 rings (SSSR count). The summed E-state index contributed by atoms with van der Waals surface area (Å²) in [6, 6.07) is 13.5. The first-order valence-electron chi connectivity index (χ1n) is 11.6. The number of nitrogens with one attached hydrogen (secondary N) is 3. The van der Waals surface area contributed by atoms with Crippen molar-refractivity contribution >= 4 is 70.8 Å². The maximum absolute atomic E-state index is 12.8. The van der Waals surface area contributed by atoms with Crippen molar-refractivity contribution in [2.45, 2.75) is 44.0 Å². The van der Waals surface area contributed by atoms with Gasteiger partial charge in [0.2, 0.25) is 15.9 Å². The lowest BCUT2D eigenvalue weighted by Gasteiger charge is -2.20. The number of hydrogen-bond acceptors (Lipinski definition) is 5. The van der Waals surface area contributed by atoms with Crippen molar-refractivity contribution in [1.29, 1.82) is 0 Å². The summed E-state index contributed by atoms with van der Waals surface area (Å²) in [5, 5.41) is 6.87. The van der Waals surface area contributed by atoms with E-state index in [4.69, 9.17) is 11.6 Å². The molecule has 0 bridgehead atoms. The Bertz CT molecular complexity index is 1290. The second-order valence-corrected chi connectivity index (χ2v) is 12.9. The van der Waals surface area contributed by atoms with E-state index < -0.39 is 16.1 Å². The molecule has 3 N–H and O–H groups in total. The fraction of sp³-hybridized carbons (Fsp3) is 0.360. The Morgan fingerprint density at radius 1 is 1.06 bits per heavy atom. The zero-order valence-corrected chi connectivity index (χ0v) is 24.0. The molecular formula is C25H29BrClN3O4S2. The van der Waals surface area contributed by atoms with Gasteiger partial charge in [-0.25, -0.2) is 13.1 Å². The molecule has 2 aromatic carbocycles. The van der Waals surface area contributed by atoms with Crippen LogP contribution in [0.15, 0.2) is 57.9 Å². The summed E-state index contributed by atoms with van der Waals surface area (Å²) >= 11 is 10.7. The molecule has 0 saturated carbocycles. The number of carbonyl (C=O) groups excluding carboxylic acids is 2. The third kappa shape index (κ3) is 8.01. The Labute approximate surface area is 229 Å². The lowest BCUT2D eigenvalue weighted by atomic mass is 10.0. The Balaban J connectivity index is 1.47. The Hall–Kier alpha value is -1.98. The molecule has 0 spiro atoms. The van der Waals surface area contributed by atoms with Crippen LogP contribution in [0.2, 0.25) is 5.02 Å². The number of sulfonamides is 1. The average Bonchev–Trinajstić information content (AvgIpc) is 3.24. The molecule has 11 heteroatoms. The van der Waals surface area contributed by atoms with Crippen molar-refractivity contribution in [2.24, 2.45) is 5.92 Å². The van der Waals surface area contributed by atoms with E-state index in [1.165, 1.54) is 23.5 Å². The number of rotatable bonds is 12. The van der Waals surface area contributed by atoms with E-state index in [-0.39, 0.29) is 34.2 Å². The van der Waals surface area contributed by atoms with Gasteiger partial charge in [0.15, 0.2) is 0 Å². The predicted octanol–water partition coefficient (Wildman–Crippen LogP) is 5.34. The highest BCUT2D eigenvalue weighted by Gasteiger charge is 2.23.